The minimum absolute atomic E-state index is 0.0391. The lowest BCUT2D eigenvalue weighted by molar-refractivity contribution is -0.161. The van der Waals surface area contributed by atoms with Crippen molar-refractivity contribution in [2.45, 2.75) is 70.9 Å². The molecule has 2 aliphatic heterocycles. The third-order valence-electron chi connectivity index (χ3n) is 5.38. The molecule has 2 heterocycles. The summed E-state index contributed by atoms with van der Waals surface area (Å²) in [6.07, 6.45) is 4.13. The molecule has 4 nitrogen and oxygen atoms in total. The van der Waals surface area contributed by atoms with Gasteiger partial charge in [-0.15, -0.1) is 0 Å². The van der Waals surface area contributed by atoms with Crippen molar-refractivity contribution in [2.24, 2.45) is 0 Å². The second-order valence-electron chi connectivity index (χ2n) is 7.70. The fourth-order valence-corrected chi connectivity index (χ4v) is 3.10. The molecule has 3 rings (SSSR count). The summed E-state index contributed by atoms with van der Waals surface area (Å²) in [4.78, 5) is 0. The molecule has 2 saturated heterocycles. The smallest absolute Gasteiger partial charge is 0.399 e. The Balaban J connectivity index is 1.63. The maximum Gasteiger partial charge on any atom is 0.495 e. The van der Waals surface area contributed by atoms with Gasteiger partial charge < -0.3 is 18.8 Å². The van der Waals surface area contributed by atoms with Gasteiger partial charge >= 0.3 is 7.12 Å². The van der Waals surface area contributed by atoms with Crippen LogP contribution in [0, 0.1) is 0 Å². The molecule has 0 saturated carbocycles. The maximum atomic E-state index is 6.20. The summed E-state index contributed by atoms with van der Waals surface area (Å²) >= 11 is 0. The number of hydrogen-bond donors (Lipinski definition) is 0. The van der Waals surface area contributed by atoms with E-state index in [9.17, 15) is 0 Å². The lowest BCUT2D eigenvalue weighted by atomic mass is 9.75. The molecular weight excluding hydrogens is 303 g/mol. The first-order valence-electron chi connectivity index (χ1n) is 9.06. The van der Waals surface area contributed by atoms with Crippen LogP contribution in [0.15, 0.2) is 24.3 Å². The van der Waals surface area contributed by atoms with Gasteiger partial charge in [0.15, 0.2) is 6.29 Å². The molecule has 1 atom stereocenters. The minimum atomic E-state index is -0.322. The Labute approximate surface area is 146 Å². The molecule has 2 aliphatic rings. The van der Waals surface area contributed by atoms with E-state index in [2.05, 4.69) is 45.9 Å². The third kappa shape index (κ3) is 3.85. The molecule has 1 aromatic rings. The second-order valence-corrected chi connectivity index (χ2v) is 7.70. The van der Waals surface area contributed by atoms with Crippen LogP contribution in [-0.4, -0.2) is 37.8 Å². The van der Waals surface area contributed by atoms with Crippen molar-refractivity contribution < 1.29 is 18.8 Å². The van der Waals surface area contributed by atoms with E-state index in [1.165, 1.54) is 12.0 Å². The van der Waals surface area contributed by atoms with E-state index < -0.39 is 0 Å². The number of ether oxygens (including phenoxy) is 2. The molecule has 24 heavy (non-hydrogen) atoms. The molecular formula is C19H29BO4. The second kappa shape index (κ2) is 7.16. The van der Waals surface area contributed by atoms with Gasteiger partial charge in [0.2, 0.25) is 0 Å². The quantitative estimate of drug-likeness (QED) is 0.777. The van der Waals surface area contributed by atoms with Gasteiger partial charge in [-0.25, -0.2) is 0 Å². The highest BCUT2D eigenvalue weighted by Gasteiger charge is 2.52. The van der Waals surface area contributed by atoms with Gasteiger partial charge in [-0.05, 0) is 64.4 Å². The van der Waals surface area contributed by atoms with Gasteiger partial charge in [0, 0.05) is 6.61 Å². The van der Waals surface area contributed by atoms with Crippen molar-refractivity contribution >= 4 is 12.6 Å². The highest BCUT2D eigenvalue weighted by Crippen LogP contribution is 2.36. The average molecular weight is 332 g/mol. The Morgan fingerprint density at radius 1 is 1.08 bits per heavy atom. The molecule has 1 aromatic carbocycles. The Hall–Kier alpha value is -0.875. The van der Waals surface area contributed by atoms with Crippen LogP contribution < -0.4 is 5.46 Å². The lowest BCUT2D eigenvalue weighted by Crippen LogP contribution is -2.41. The molecule has 0 amide bonds. The van der Waals surface area contributed by atoms with Crippen LogP contribution in [0.1, 0.15) is 52.5 Å². The Morgan fingerprint density at radius 3 is 2.46 bits per heavy atom. The first-order chi connectivity index (χ1) is 11.4. The molecule has 0 spiro atoms. The van der Waals surface area contributed by atoms with Crippen LogP contribution in [-0.2, 0) is 25.2 Å². The van der Waals surface area contributed by atoms with Crippen molar-refractivity contribution in [1.82, 2.24) is 0 Å². The first-order valence-corrected chi connectivity index (χ1v) is 9.06. The zero-order valence-corrected chi connectivity index (χ0v) is 15.3. The zero-order chi connectivity index (χ0) is 17.2. The van der Waals surface area contributed by atoms with Crippen molar-refractivity contribution in [2.75, 3.05) is 13.2 Å². The zero-order valence-electron chi connectivity index (χ0n) is 15.3. The van der Waals surface area contributed by atoms with Gasteiger partial charge in [0.05, 0.1) is 17.8 Å². The Morgan fingerprint density at radius 2 is 1.79 bits per heavy atom. The SMILES string of the molecule is CC1(C)OB(c2ccccc2CCOC2CCCCO2)OC1(C)C. The van der Waals surface area contributed by atoms with E-state index in [-0.39, 0.29) is 24.6 Å². The lowest BCUT2D eigenvalue weighted by Gasteiger charge is -2.32. The van der Waals surface area contributed by atoms with Crippen LogP contribution in [0.2, 0.25) is 0 Å². The van der Waals surface area contributed by atoms with Gasteiger partial charge in [-0.1, -0.05) is 24.3 Å². The van der Waals surface area contributed by atoms with Crippen LogP contribution in [0.25, 0.3) is 0 Å². The summed E-state index contributed by atoms with van der Waals surface area (Å²) in [5.41, 5.74) is 1.67. The van der Waals surface area contributed by atoms with Crippen LogP contribution in [0.4, 0.5) is 0 Å². The summed E-state index contributed by atoms with van der Waals surface area (Å²) < 4.78 is 23.9. The Bertz CT molecular complexity index is 536. The number of benzene rings is 1. The average Bonchev–Trinajstić information content (AvgIpc) is 2.77. The monoisotopic (exact) mass is 332 g/mol. The molecule has 0 aromatic heterocycles. The van der Waals surface area contributed by atoms with E-state index in [1.807, 2.05) is 6.07 Å². The standard InChI is InChI=1S/C19H29BO4/c1-18(2)19(3,4)24-20(23-18)16-10-6-5-9-15(16)12-14-22-17-11-7-8-13-21-17/h5-6,9-10,17H,7-8,11-14H2,1-4H3. The summed E-state index contributed by atoms with van der Waals surface area (Å²) in [7, 11) is -0.322. The van der Waals surface area contributed by atoms with Gasteiger partial charge in [-0.2, -0.15) is 0 Å². The van der Waals surface area contributed by atoms with E-state index in [4.69, 9.17) is 18.8 Å². The normalized spacial score (nSPS) is 25.8. The molecule has 0 bridgehead atoms. The first kappa shape index (κ1) is 17.9. The summed E-state index contributed by atoms with van der Waals surface area (Å²) in [5.74, 6) is 0. The van der Waals surface area contributed by atoms with Crippen LogP contribution in [0.5, 0.6) is 0 Å². The van der Waals surface area contributed by atoms with Crippen molar-refractivity contribution in [1.29, 1.82) is 0 Å². The molecule has 0 aliphatic carbocycles. The van der Waals surface area contributed by atoms with Gasteiger partial charge in [-0.3, -0.25) is 0 Å². The summed E-state index contributed by atoms with van der Waals surface area (Å²) in [6, 6.07) is 8.32. The van der Waals surface area contributed by atoms with Crippen molar-refractivity contribution in [3.63, 3.8) is 0 Å². The predicted molar refractivity (Wildman–Crippen MR) is 95.4 cm³/mol. The number of rotatable bonds is 5. The van der Waals surface area contributed by atoms with Crippen LogP contribution >= 0.6 is 0 Å². The largest absolute Gasteiger partial charge is 0.495 e. The summed E-state index contributed by atoms with van der Waals surface area (Å²) in [6.45, 7) is 9.80. The molecule has 2 fully saturated rings. The fourth-order valence-electron chi connectivity index (χ4n) is 3.10. The number of hydrogen-bond acceptors (Lipinski definition) is 4. The molecule has 0 radical (unpaired) electrons. The summed E-state index contributed by atoms with van der Waals surface area (Å²) in [5, 5.41) is 0. The van der Waals surface area contributed by atoms with Gasteiger partial charge in [0.1, 0.15) is 0 Å². The van der Waals surface area contributed by atoms with E-state index in [0.29, 0.717) is 6.61 Å². The molecule has 0 N–H and O–H groups in total. The molecule has 5 heteroatoms. The predicted octanol–water partition coefficient (Wildman–Crippen LogP) is 3.07. The molecule has 1 unspecified atom stereocenters. The van der Waals surface area contributed by atoms with Gasteiger partial charge in [0.25, 0.3) is 0 Å². The Kier molecular flexibility index (Phi) is 5.35. The maximum absolute atomic E-state index is 6.20. The molecule has 132 valence electrons. The third-order valence-corrected chi connectivity index (χ3v) is 5.38. The fraction of sp³-hybridized carbons (Fsp3) is 0.684. The topological polar surface area (TPSA) is 36.9 Å². The van der Waals surface area contributed by atoms with Crippen molar-refractivity contribution in [3.05, 3.63) is 29.8 Å². The minimum Gasteiger partial charge on any atom is -0.399 e. The van der Waals surface area contributed by atoms with Crippen molar-refractivity contribution in [3.8, 4) is 0 Å². The van der Waals surface area contributed by atoms with E-state index >= 15 is 0 Å². The van der Waals surface area contributed by atoms with Crippen LogP contribution in [0.3, 0.4) is 0 Å². The van der Waals surface area contributed by atoms with E-state index in [1.54, 1.807) is 0 Å². The van der Waals surface area contributed by atoms with E-state index in [0.717, 1.165) is 31.3 Å². The highest BCUT2D eigenvalue weighted by atomic mass is 16.7. The highest BCUT2D eigenvalue weighted by molar-refractivity contribution is 6.62.